The van der Waals surface area contributed by atoms with Crippen LogP contribution in [0.15, 0.2) is 0 Å². The van der Waals surface area contributed by atoms with Gasteiger partial charge in [0.25, 0.3) is 0 Å². The summed E-state index contributed by atoms with van der Waals surface area (Å²) in [5, 5.41) is 86.7. The molecule has 404 valence electrons. The van der Waals surface area contributed by atoms with Crippen LogP contribution in [0.25, 0.3) is 0 Å². The van der Waals surface area contributed by atoms with E-state index in [0.29, 0.717) is 12.8 Å². The van der Waals surface area contributed by atoms with Gasteiger partial charge in [0.05, 0.1) is 32.0 Å². The third kappa shape index (κ3) is 27.7. The van der Waals surface area contributed by atoms with Crippen LogP contribution in [0.2, 0.25) is 0 Å². The van der Waals surface area contributed by atoms with Crippen molar-refractivity contribution in [3.8, 4) is 0 Å². The lowest BCUT2D eigenvalue weighted by molar-refractivity contribution is -0.359. The number of ether oxygens (including phenoxy) is 4. The first-order valence-electron chi connectivity index (χ1n) is 28.3. The molecule has 0 aromatic heterocycles. The topological polar surface area (TPSA) is 228 Å². The van der Waals surface area contributed by atoms with Crippen LogP contribution in [0.3, 0.4) is 0 Å². The summed E-state index contributed by atoms with van der Waals surface area (Å²) in [5.41, 5.74) is 0. The molecule has 0 aliphatic carbocycles. The molecule has 2 rings (SSSR count). The summed E-state index contributed by atoms with van der Waals surface area (Å²) < 4.78 is 22.7. The highest BCUT2D eigenvalue weighted by Gasteiger charge is 2.51. The zero-order valence-electron chi connectivity index (χ0n) is 43.1. The first kappa shape index (κ1) is 63.1. The Morgan fingerprint density at radius 3 is 1.25 bits per heavy atom. The van der Waals surface area contributed by atoms with E-state index in [1.807, 2.05) is 0 Å². The molecule has 14 nitrogen and oxygen atoms in total. The van der Waals surface area contributed by atoms with Crippen molar-refractivity contribution in [3.63, 3.8) is 0 Å². The van der Waals surface area contributed by atoms with E-state index in [1.54, 1.807) is 0 Å². The Hall–Kier alpha value is -1.01. The molecule has 0 radical (unpaired) electrons. The normalized spacial score (nSPS) is 26.3. The Balaban J connectivity index is 1.62. The largest absolute Gasteiger partial charge is 0.394 e. The molecule has 0 saturated carbocycles. The zero-order chi connectivity index (χ0) is 49.6. The number of unbranched alkanes of at least 4 members (excludes halogenated alkanes) is 32. The van der Waals surface area contributed by atoms with Gasteiger partial charge in [-0.05, 0) is 12.8 Å². The summed E-state index contributed by atoms with van der Waals surface area (Å²) in [6, 6.07) is -0.819. The van der Waals surface area contributed by atoms with E-state index in [-0.39, 0.29) is 12.5 Å². The maximum Gasteiger partial charge on any atom is 0.220 e. The Labute approximate surface area is 413 Å². The summed E-state index contributed by atoms with van der Waals surface area (Å²) in [7, 11) is 0. The van der Waals surface area contributed by atoms with E-state index in [2.05, 4.69) is 19.2 Å². The predicted octanol–water partition coefficient (Wildman–Crippen LogP) is 8.56. The summed E-state index contributed by atoms with van der Waals surface area (Å²) >= 11 is 0. The van der Waals surface area contributed by atoms with E-state index < -0.39 is 86.8 Å². The summed E-state index contributed by atoms with van der Waals surface area (Å²) in [6.07, 6.45) is 27.4. The average molecular weight is 976 g/mol. The third-order valence-corrected chi connectivity index (χ3v) is 14.3. The van der Waals surface area contributed by atoms with Gasteiger partial charge in [-0.1, -0.05) is 226 Å². The standard InChI is InChI=1S/C54H105NO13/c1-3-5-7-9-11-12-13-14-15-16-17-18-19-20-21-22-23-24-25-26-27-28-29-30-31-32-33-35-37-43(58)42(55-46(59)38-36-34-10-8-6-4-2)41-65-53-51(64)49(62)52(45(40-57)67-53)68-54-50(63)48(61)47(60)44(39-56)66-54/h42-45,47-54,56-58,60-64H,3-41H2,1-2H3,(H,55,59). The van der Waals surface area contributed by atoms with Crippen LogP contribution in [-0.4, -0.2) is 140 Å². The minimum absolute atomic E-state index is 0.213. The van der Waals surface area contributed by atoms with Gasteiger partial charge in [-0.25, -0.2) is 0 Å². The van der Waals surface area contributed by atoms with Gasteiger partial charge in [0.15, 0.2) is 12.6 Å². The van der Waals surface area contributed by atoms with Crippen molar-refractivity contribution in [3.05, 3.63) is 0 Å². The van der Waals surface area contributed by atoms with Crippen LogP contribution in [-0.2, 0) is 23.7 Å². The highest BCUT2D eigenvalue weighted by Crippen LogP contribution is 2.30. The Kier molecular flexibility index (Phi) is 38.5. The Morgan fingerprint density at radius 2 is 0.838 bits per heavy atom. The van der Waals surface area contributed by atoms with Crippen LogP contribution in [0, 0.1) is 0 Å². The molecule has 0 aromatic rings. The lowest BCUT2D eigenvalue weighted by Crippen LogP contribution is -2.65. The quantitative estimate of drug-likeness (QED) is 0.0261. The summed E-state index contributed by atoms with van der Waals surface area (Å²) in [5.74, 6) is -0.213. The van der Waals surface area contributed by atoms with Gasteiger partial charge in [0.2, 0.25) is 5.91 Å². The van der Waals surface area contributed by atoms with Crippen LogP contribution in [0.1, 0.15) is 245 Å². The molecule has 2 fully saturated rings. The Bertz CT molecular complexity index is 1150. The van der Waals surface area contributed by atoms with Gasteiger partial charge in [-0.15, -0.1) is 0 Å². The number of carbonyl (C=O) groups is 1. The van der Waals surface area contributed by atoms with Crippen molar-refractivity contribution in [2.24, 2.45) is 0 Å². The van der Waals surface area contributed by atoms with Crippen molar-refractivity contribution in [1.82, 2.24) is 5.32 Å². The minimum Gasteiger partial charge on any atom is -0.394 e. The highest BCUT2D eigenvalue weighted by atomic mass is 16.7. The zero-order valence-corrected chi connectivity index (χ0v) is 43.1. The lowest BCUT2D eigenvalue weighted by Gasteiger charge is -2.46. The molecular formula is C54H105NO13. The molecule has 2 saturated heterocycles. The van der Waals surface area contributed by atoms with Crippen LogP contribution in [0.5, 0.6) is 0 Å². The van der Waals surface area contributed by atoms with Gasteiger partial charge in [-0.3, -0.25) is 4.79 Å². The minimum atomic E-state index is -1.78. The van der Waals surface area contributed by atoms with Crippen LogP contribution < -0.4 is 5.32 Å². The highest BCUT2D eigenvalue weighted by molar-refractivity contribution is 5.76. The number of aliphatic hydroxyl groups is 8. The van der Waals surface area contributed by atoms with E-state index in [9.17, 15) is 45.6 Å². The third-order valence-electron chi connectivity index (χ3n) is 14.3. The van der Waals surface area contributed by atoms with Crippen molar-refractivity contribution in [2.45, 2.75) is 319 Å². The maximum atomic E-state index is 13.0. The molecule has 0 bridgehead atoms. The molecule has 12 atom stereocenters. The first-order chi connectivity index (χ1) is 33.1. The van der Waals surface area contributed by atoms with Crippen molar-refractivity contribution in [2.75, 3.05) is 19.8 Å². The number of hydrogen-bond donors (Lipinski definition) is 9. The summed E-state index contributed by atoms with van der Waals surface area (Å²) in [6.45, 7) is 2.80. The van der Waals surface area contributed by atoms with Gasteiger partial charge in [0, 0.05) is 6.42 Å². The molecule has 0 spiro atoms. The Morgan fingerprint density at radius 1 is 0.471 bits per heavy atom. The smallest absolute Gasteiger partial charge is 0.220 e. The number of amides is 1. The van der Waals surface area contributed by atoms with Crippen molar-refractivity contribution in [1.29, 1.82) is 0 Å². The van der Waals surface area contributed by atoms with Gasteiger partial charge in [-0.2, -0.15) is 0 Å². The van der Waals surface area contributed by atoms with Crippen molar-refractivity contribution < 1.29 is 64.6 Å². The molecule has 2 aliphatic rings. The second-order valence-corrected chi connectivity index (χ2v) is 20.4. The second-order valence-electron chi connectivity index (χ2n) is 20.4. The van der Waals surface area contributed by atoms with Crippen LogP contribution in [0.4, 0.5) is 0 Å². The van der Waals surface area contributed by atoms with E-state index in [4.69, 9.17) is 18.9 Å². The monoisotopic (exact) mass is 976 g/mol. The van der Waals surface area contributed by atoms with E-state index in [0.717, 1.165) is 57.8 Å². The molecule has 68 heavy (non-hydrogen) atoms. The SMILES string of the molecule is CCCCCCCCCCCCCCCCCCCCCCCCCCCCCCC(O)C(COC1OC(CO)C(OC2OC(CO)C(O)C(O)C2O)C(O)C1O)NC(=O)CCCCCCCC. The fraction of sp³-hybridized carbons (Fsp3) is 0.981. The molecule has 1 amide bonds. The summed E-state index contributed by atoms with van der Waals surface area (Å²) in [4.78, 5) is 13.0. The molecule has 14 heteroatoms. The fourth-order valence-electron chi connectivity index (χ4n) is 9.71. The molecule has 0 aromatic carbocycles. The number of carbonyl (C=O) groups excluding carboxylic acids is 1. The van der Waals surface area contributed by atoms with E-state index >= 15 is 0 Å². The molecule has 9 N–H and O–H groups in total. The van der Waals surface area contributed by atoms with Crippen molar-refractivity contribution >= 4 is 5.91 Å². The lowest BCUT2D eigenvalue weighted by atomic mass is 9.97. The van der Waals surface area contributed by atoms with Gasteiger partial charge in [0.1, 0.15) is 48.8 Å². The average Bonchev–Trinajstić information content (AvgIpc) is 3.34. The van der Waals surface area contributed by atoms with Gasteiger partial charge >= 0.3 is 0 Å². The number of nitrogens with one attached hydrogen (secondary N) is 1. The molecule has 2 heterocycles. The first-order valence-corrected chi connectivity index (χ1v) is 28.3. The van der Waals surface area contributed by atoms with E-state index in [1.165, 1.54) is 161 Å². The van der Waals surface area contributed by atoms with Gasteiger partial charge < -0.3 is 65.1 Å². The molecular weight excluding hydrogens is 871 g/mol. The van der Waals surface area contributed by atoms with Crippen LogP contribution >= 0.6 is 0 Å². The maximum absolute atomic E-state index is 13.0. The second kappa shape index (κ2) is 41.5. The number of aliphatic hydroxyl groups excluding tert-OH is 8. The molecule has 12 unspecified atom stereocenters. The predicted molar refractivity (Wildman–Crippen MR) is 268 cm³/mol. The number of rotatable bonds is 45. The number of hydrogen-bond acceptors (Lipinski definition) is 13. The fourth-order valence-corrected chi connectivity index (χ4v) is 9.71. The molecule has 2 aliphatic heterocycles.